The van der Waals surface area contributed by atoms with Crippen molar-refractivity contribution < 1.29 is 13.2 Å². The molecule has 0 aliphatic heterocycles. The normalized spacial score (nSPS) is 11.6. The van der Waals surface area contributed by atoms with Gasteiger partial charge in [-0.05, 0) is 30.1 Å². The van der Waals surface area contributed by atoms with Crippen LogP contribution in [0.5, 0.6) is 0 Å². The molecule has 0 saturated carbocycles. The molecule has 0 aliphatic carbocycles. The van der Waals surface area contributed by atoms with Crippen LogP contribution in [0.2, 0.25) is 0 Å². The van der Waals surface area contributed by atoms with Gasteiger partial charge >= 0.3 is 6.18 Å². The maximum atomic E-state index is 12.8. The first-order valence-corrected chi connectivity index (χ1v) is 6.27. The molecule has 0 fully saturated rings. The summed E-state index contributed by atoms with van der Waals surface area (Å²) in [4.78, 5) is 0. The van der Waals surface area contributed by atoms with Crippen molar-refractivity contribution in [2.24, 2.45) is 0 Å². The van der Waals surface area contributed by atoms with Crippen LogP contribution in [0, 0.1) is 6.92 Å². The minimum Gasteiger partial charge on any atom is -0.383 e. The Balaban J connectivity index is 2.19. The number of nitrogens with two attached hydrogens (primary N) is 1. The molecule has 19 heavy (non-hydrogen) atoms. The predicted molar refractivity (Wildman–Crippen MR) is 70.0 cm³/mol. The molecule has 7 heteroatoms. The number of anilines is 2. The van der Waals surface area contributed by atoms with E-state index in [0.717, 1.165) is 23.2 Å². The number of nitrogens with zero attached hydrogens (tertiary/aromatic N) is 1. The van der Waals surface area contributed by atoms with Crippen LogP contribution in [0.4, 0.5) is 24.0 Å². The lowest BCUT2D eigenvalue weighted by atomic mass is 10.1. The average molecular weight is 287 g/mol. The number of hydrogen-bond acceptors (Lipinski definition) is 4. The average Bonchev–Trinajstić information content (AvgIpc) is 2.67. The summed E-state index contributed by atoms with van der Waals surface area (Å²) in [6.07, 6.45) is -4.35. The summed E-state index contributed by atoms with van der Waals surface area (Å²) in [5, 5.41) is 3.63. The zero-order valence-electron chi connectivity index (χ0n) is 10.1. The summed E-state index contributed by atoms with van der Waals surface area (Å²) in [6.45, 7) is 1.86. The first-order chi connectivity index (χ1) is 8.89. The summed E-state index contributed by atoms with van der Waals surface area (Å²) < 4.78 is 42.3. The first kappa shape index (κ1) is 13.7. The number of nitrogen functional groups attached to an aromatic ring is 1. The molecule has 2 rings (SSSR count). The van der Waals surface area contributed by atoms with Gasteiger partial charge in [-0.25, -0.2) is 0 Å². The van der Waals surface area contributed by atoms with E-state index in [1.807, 2.05) is 0 Å². The zero-order valence-corrected chi connectivity index (χ0v) is 10.9. The number of aromatic nitrogens is 1. The van der Waals surface area contributed by atoms with Crippen LogP contribution in [0.3, 0.4) is 0 Å². The van der Waals surface area contributed by atoms with E-state index >= 15 is 0 Å². The Morgan fingerprint density at radius 1 is 1.32 bits per heavy atom. The molecule has 102 valence electrons. The van der Waals surface area contributed by atoms with E-state index in [1.165, 1.54) is 12.1 Å². The van der Waals surface area contributed by atoms with Gasteiger partial charge in [-0.2, -0.15) is 17.5 Å². The van der Waals surface area contributed by atoms with E-state index in [4.69, 9.17) is 5.73 Å². The molecule has 1 aromatic heterocycles. The molecule has 3 N–H and O–H groups in total. The molecule has 0 saturated heterocycles. The standard InChI is InChI=1S/C12H12F3N3S/c1-7-10(16)18-19-11(7)17-6-8-4-2-3-5-9(8)12(13,14)15/h2-5,17H,6H2,1H3,(H2,16,18). The van der Waals surface area contributed by atoms with E-state index in [1.54, 1.807) is 13.0 Å². The second-order valence-electron chi connectivity index (χ2n) is 4.03. The third-order valence-electron chi connectivity index (χ3n) is 2.72. The molecule has 0 unspecified atom stereocenters. The fraction of sp³-hybridized carbons (Fsp3) is 0.250. The van der Waals surface area contributed by atoms with Crippen LogP contribution in [0.15, 0.2) is 24.3 Å². The molecule has 1 aromatic carbocycles. The third-order valence-corrected chi connectivity index (χ3v) is 3.64. The van der Waals surface area contributed by atoms with Gasteiger partial charge in [0.15, 0.2) is 0 Å². The lowest BCUT2D eigenvalue weighted by molar-refractivity contribution is -0.138. The van der Waals surface area contributed by atoms with Crippen molar-refractivity contribution >= 4 is 22.4 Å². The fourth-order valence-electron chi connectivity index (χ4n) is 1.64. The van der Waals surface area contributed by atoms with Crippen LogP contribution in [-0.2, 0) is 12.7 Å². The molecule has 0 aliphatic rings. The highest BCUT2D eigenvalue weighted by Crippen LogP contribution is 2.33. The smallest absolute Gasteiger partial charge is 0.383 e. The molecule has 0 amide bonds. The number of nitrogens with one attached hydrogen (secondary N) is 1. The molecule has 0 atom stereocenters. The van der Waals surface area contributed by atoms with Crippen molar-refractivity contribution in [2.45, 2.75) is 19.6 Å². The van der Waals surface area contributed by atoms with Gasteiger partial charge in [-0.3, -0.25) is 0 Å². The van der Waals surface area contributed by atoms with Gasteiger partial charge < -0.3 is 11.1 Å². The highest BCUT2D eigenvalue weighted by molar-refractivity contribution is 7.10. The van der Waals surface area contributed by atoms with E-state index in [0.29, 0.717) is 10.8 Å². The Hall–Kier alpha value is -1.76. The lowest BCUT2D eigenvalue weighted by Gasteiger charge is -2.13. The van der Waals surface area contributed by atoms with Crippen molar-refractivity contribution in [3.8, 4) is 0 Å². The number of hydrogen-bond donors (Lipinski definition) is 2. The van der Waals surface area contributed by atoms with Crippen molar-refractivity contribution in [3.63, 3.8) is 0 Å². The highest BCUT2D eigenvalue weighted by atomic mass is 32.1. The molecular weight excluding hydrogens is 275 g/mol. The van der Waals surface area contributed by atoms with Crippen molar-refractivity contribution in [3.05, 3.63) is 41.0 Å². The molecule has 3 nitrogen and oxygen atoms in total. The van der Waals surface area contributed by atoms with Gasteiger partial charge in [0.05, 0.1) is 5.56 Å². The quantitative estimate of drug-likeness (QED) is 0.905. The van der Waals surface area contributed by atoms with Gasteiger partial charge in [0.25, 0.3) is 0 Å². The molecule has 2 aromatic rings. The second kappa shape index (κ2) is 5.08. The van der Waals surface area contributed by atoms with Crippen LogP contribution in [-0.4, -0.2) is 4.37 Å². The maximum absolute atomic E-state index is 12.8. The van der Waals surface area contributed by atoms with E-state index in [2.05, 4.69) is 9.69 Å². The van der Waals surface area contributed by atoms with Gasteiger partial charge in [0.1, 0.15) is 10.8 Å². The Bertz CT molecular complexity index is 578. The van der Waals surface area contributed by atoms with E-state index in [-0.39, 0.29) is 12.1 Å². The third kappa shape index (κ3) is 2.98. The van der Waals surface area contributed by atoms with Gasteiger partial charge in [-0.1, -0.05) is 18.2 Å². The summed E-state index contributed by atoms with van der Waals surface area (Å²) >= 11 is 1.14. The molecule has 0 radical (unpaired) electrons. The summed E-state index contributed by atoms with van der Waals surface area (Å²) in [6, 6.07) is 5.49. The van der Waals surface area contributed by atoms with Crippen molar-refractivity contribution in [1.29, 1.82) is 0 Å². The monoisotopic (exact) mass is 287 g/mol. The number of rotatable bonds is 3. The number of halogens is 3. The summed E-state index contributed by atoms with van der Waals surface area (Å²) in [5.41, 5.74) is 5.92. The number of benzene rings is 1. The second-order valence-corrected chi connectivity index (χ2v) is 4.80. The van der Waals surface area contributed by atoms with Crippen LogP contribution >= 0.6 is 11.5 Å². The Kier molecular flexibility index (Phi) is 3.66. The summed E-state index contributed by atoms with van der Waals surface area (Å²) in [5.74, 6) is 0.400. The Morgan fingerprint density at radius 2 is 2.00 bits per heavy atom. The van der Waals surface area contributed by atoms with Crippen LogP contribution in [0.25, 0.3) is 0 Å². The number of alkyl halides is 3. The fourth-order valence-corrected chi connectivity index (χ4v) is 2.34. The minimum atomic E-state index is -4.35. The van der Waals surface area contributed by atoms with E-state index in [9.17, 15) is 13.2 Å². The zero-order chi connectivity index (χ0) is 14.0. The molecule has 1 heterocycles. The predicted octanol–water partition coefficient (Wildman–Crippen LogP) is 3.66. The van der Waals surface area contributed by atoms with Crippen molar-refractivity contribution in [2.75, 3.05) is 11.1 Å². The van der Waals surface area contributed by atoms with Gasteiger partial charge in [-0.15, -0.1) is 0 Å². The lowest BCUT2D eigenvalue weighted by Crippen LogP contribution is -2.11. The molecule has 0 bridgehead atoms. The minimum absolute atomic E-state index is 0.0815. The Morgan fingerprint density at radius 3 is 2.58 bits per heavy atom. The molecular formula is C12H12F3N3S. The Labute approximate surface area is 112 Å². The highest BCUT2D eigenvalue weighted by Gasteiger charge is 2.32. The van der Waals surface area contributed by atoms with Crippen molar-refractivity contribution in [1.82, 2.24) is 4.37 Å². The largest absolute Gasteiger partial charge is 0.416 e. The summed E-state index contributed by atoms with van der Waals surface area (Å²) in [7, 11) is 0. The van der Waals surface area contributed by atoms with E-state index < -0.39 is 11.7 Å². The van der Waals surface area contributed by atoms with Crippen LogP contribution < -0.4 is 11.1 Å². The first-order valence-electron chi connectivity index (χ1n) is 5.50. The SMILES string of the molecule is Cc1c(N)nsc1NCc1ccccc1C(F)(F)F. The van der Waals surface area contributed by atoms with Gasteiger partial charge in [0.2, 0.25) is 0 Å². The topological polar surface area (TPSA) is 50.9 Å². The van der Waals surface area contributed by atoms with Gasteiger partial charge in [0, 0.05) is 12.1 Å². The van der Waals surface area contributed by atoms with Crippen LogP contribution in [0.1, 0.15) is 16.7 Å². The molecule has 0 spiro atoms. The maximum Gasteiger partial charge on any atom is 0.416 e.